The number of carbonyl (C=O) groups excluding carboxylic acids is 1. The summed E-state index contributed by atoms with van der Waals surface area (Å²) in [6.45, 7) is 0. The molecule has 122 valence electrons. The number of esters is 1. The molecule has 0 saturated heterocycles. The molecule has 1 N–H and O–H groups in total. The Morgan fingerprint density at radius 1 is 1.12 bits per heavy atom. The molecule has 0 fully saturated rings. The maximum absolute atomic E-state index is 11.7. The van der Waals surface area contributed by atoms with Gasteiger partial charge in [-0.3, -0.25) is 4.98 Å². The van der Waals surface area contributed by atoms with Gasteiger partial charge in [0, 0.05) is 11.6 Å². The van der Waals surface area contributed by atoms with Gasteiger partial charge in [0.25, 0.3) is 0 Å². The van der Waals surface area contributed by atoms with E-state index in [9.17, 15) is 14.7 Å². The van der Waals surface area contributed by atoms with E-state index < -0.39 is 12.1 Å². The van der Waals surface area contributed by atoms with Gasteiger partial charge in [0.2, 0.25) is 0 Å². The van der Waals surface area contributed by atoms with Gasteiger partial charge in [-0.05, 0) is 36.4 Å². The fourth-order valence-electron chi connectivity index (χ4n) is 2.50. The summed E-state index contributed by atoms with van der Waals surface area (Å²) in [5.74, 6) is 0.128. The monoisotopic (exact) mass is 326 g/mol. The highest BCUT2D eigenvalue weighted by Crippen LogP contribution is 2.29. The number of aromatic nitrogens is 2. The van der Waals surface area contributed by atoms with Gasteiger partial charge in [0.05, 0.1) is 36.7 Å². The van der Waals surface area contributed by atoms with Crippen molar-refractivity contribution >= 4 is 23.0 Å². The summed E-state index contributed by atoms with van der Waals surface area (Å²) < 4.78 is 10.9. The average Bonchev–Trinajstić information content (AvgIpc) is 2.99. The van der Waals surface area contributed by atoms with Crippen molar-refractivity contribution in [2.45, 2.75) is 0 Å². The Balaban J connectivity index is 2.16. The molecule has 0 atom stereocenters. The molecule has 0 aliphatic heterocycles. The number of carboxylic acid groups (broad SMARTS) is 1. The summed E-state index contributed by atoms with van der Waals surface area (Å²) in [4.78, 5) is 27.3. The number of carbonyl (C=O) groups is 2. The number of nitrogens with zero attached hydrogens (tertiary/aromatic N) is 2. The van der Waals surface area contributed by atoms with Gasteiger partial charge >= 0.3 is 12.1 Å². The Labute approximate surface area is 137 Å². The van der Waals surface area contributed by atoms with Gasteiger partial charge in [-0.2, -0.15) is 0 Å². The van der Waals surface area contributed by atoms with Crippen LogP contribution in [0.15, 0.2) is 42.6 Å². The topological polar surface area (TPSA) is 90.7 Å². The third-order valence-electron chi connectivity index (χ3n) is 3.65. The molecule has 1 aromatic carbocycles. The average molecular weight is 326 g/mol. The van der Waals surface area contributed by atoms with Crippen LogP contribution < -0.4 is 4.74 Å². The molecule has 2 heterocycles. The van der Waals surface area contributed by atoms with Crippen molar-refractivity contribution in [2.24, 2.45) is 0 Å². The number of methoxy groups -OCH3 is 2. The van der Waals surface area contributed by atoms with E-state index in [0.29, 0.717) is 33.6 Å². The van der Waals surface area contributed by atoms with Crippen LogP contribution in [0.3, 0.4) is 0 Å². The minimum absolute atomic E-state index is 0.293. The van der Waals surface area contributed by atoms with Crippen LogP contribution in [0.1, 0.15) is 10.4 Å². The lowest BCUT2D eigenvalue weighted by Gasteiger charge is -2.06. The molecular weight excluding hydrogens is 312 g/mol. The van der Waals surface area contributed by atoms with E-state index in [1.165, 1.54) is 13.3 Å². The smallest absolute Gasteiger partial charge is 0.416 e. The van der Waals surface area contributed by atoms with Crippen LogP contribution in [0.4, 0.5) is 4.79 Å². The maximum atomic E-state index is 11.7. The van der Waals surface area contributed by atoms with Gasteiger partial charge < -0.3 is 14.6 Å². The van der Waals surface area contributed by atoms with Gasteiger partial charge in [-0.15, -0.1) is 0 Å². The van der Waals surface area contributed by atoms with E-state index in [1.807, 2.05) is 0 Å². The third-order valence-corrected chi connectivity index (χ3v) is 3.65. The lowest BCUT2D eigenvalue weighted by atomic mass is 10.2. The lowest BCUT2D eigenvalue weighted by molar-refractivity contribution is 0.0600. The first-order valence-corrected chi connectivity index (χ1v) is 7.02. The zero-order valence-electron chi connectivity index (χ0n) is 13.0. The zero-order valence-corrected chi connectivity index (χ0v) is 13.0. The highest BCUT2D eigenvalue weighted by atomic mass is 16.5. The van der Waals surface area contributed by atoms with Crippen LogP contribution >= 0.6 is 0 Å². The molecule has 0 spiro atoms. The van der Waals surface area contributed by atoms with Crippen molar-refractivity contribution in [1.82, 2.24) is 9.55 Å². The van der Waals surface area contributed by atoms with E-state index in [0.717, 1.165) is 4.57 Å². The summed E-state index contributed by atoms with van der Waals surface area (Å²) >= 11 is 0. The first-order chi connectivity index (χ1) is 11.5. The Morgan fingerprint density at radius 2 is 1.92 bits per heavy atom. The lowest BCUT2D eigenvalue weighted by Crippen LogP contribution is -2.10. The molecule has 0 aliphatic rings. The van der Waals surface area contributed by atoms with Gasteiger partial charge in [-0.25, -0.2) is 14.2 Å². The first-order valence-electron chi connectivity index (χ1n) is 7.02. The molecule has 0 radical (unpaired) electrons. The van der Waals surface area contributed by atoms with E-state index in [1.54, 1.807) is 43.5 Å². The SMILES string of the molecule is COC(=O)c1ccc(-c2cc3cc(OC)ccc3n2C(=O)O)nc1. The summed E-state index contributed by atoms with van der Waals surface area (Å²) in [5.41, 5.74) is 1.65. The largest absolute Gasteiger partial charge is 0.497 e. The minimum atomic E-state index is -1.12. The molecule has 3 aromatic rings. The second kappa shape index (κ2) is 6.04. The summed E-state index contributed by atoms with van der Waals surface area (Å²) in [5, 5.41) is 10.3. The molecule has 24 heavy (non-hydrogen) atoms. The predicted octanol–water partition coefficient (Wildman–Crippen LogP) is 3.02. The van der Waals surface area contributed by atoms with E-state index in [2.05, 4.69) is 9.72 Å². The van der Waals surface area contributed by atoms with Crippen molar-refractivity contribution in [3.8, 4) is 17.1 Å². The van der Waals surface area contributed by atoms with E-state index in [4.69, 9.17) is 4.74 Å². The molecule has 7 heteroatoms. The standard InChI is InChI=1S/C17H14N2O5/c1-23-12-4-6-14-11(7-12)8-15(19(14)17(21)22)13-5-3-10(9-18-13)16(20)24-2/h3-9H,1-2H3,(H,21,22). The fraction of sp³-hybridized carbons (Fsp3) is 0.118. The number of rotatable bonds is 3. The van der Waals surface area contributed by atoms with Crippen molar-refractivity contribution in [1.29, 1.82) is 0 Å². The molecule has 0 unspecified atom stereocenters. The van der Waals surface area contributed by atoms with Crippen LogP contribution in [0, 0.1) is 0 Å². The molecule has 3 rings (SSSR count). The normalized spacial score (nSPS) is 10.6. The summed E-state index contributed by atoms with van der Waals surface area (Å²) in [7, 11) is 2.83. The van der Waals surface area contributed by atoms with Crippen LogP contribution in [0.5, 0.6) is 5.75 Å². The zero-order chi connectivity index (χ0) is 17.3. The third kappa shape index (κ3) is 2.56. The van der Waals surface area contributed by atoms with Gasteiger partial charge in [0.15, 0.2) is 0 Å². The van der Waals surface area contributed by atoms with Crippen LogP contribution in [0.2, 0.25) is 0 Å². The predicted molar refractivity (Wildman–Crippen MR) is 86.5 cm³/mol. The Hall–Kier alpha value is -3.35. The van der Waals surface area contributed by atoms with Crippen LogP contribution in [-0.4, -0.2) is 40.9 Å². The van der Waals surface area contributed by atoms with Crippen molar-refractivity contribution in [3.05, 3.63) is 48.2 Å². The van der Waals surface area contributed by atoms with E-state index in [-0.39, 0.29) is 0 Å². The van der Waals surface area contributed by atoms with Crippen molar-refractivity contribution < 1.29 is 24.2 Å². The number of ether oxygens (including phenoxy) is 2. The first kappa shape index (κ1) is 15.5. The van der Waals surface area contributed by atoms with Crippen LogP contribution in [0.25, 0.3) is 22.3 Å². The highest BCUT2D eigenvalue weighted by Gasteiger charge is 2.17. The highest BCUT2D eigenvalue weighted by molar-refractivity contribution is 5.96. The molecule has 0 bridgehead atoms. The molecule has 0 saturated carbocycles. The molecule has 7 nitrogen and oxygen atoms in total. The number of hydrogen-bond donors (Lipinski definition) is 1. The fourth-order valence-corrected chi connectivity index (χ4v) is 2.50. The minimum Gasteiger partial charge on any atom is -0.497 e. The second-order valence-corrected chi connectivity index (χ2v) is 5.00. The quantitative estimate of drug-likeness (QED) is 0.744. The number of pyridine rings is 1. The van der Waals surface area contributed by atoms with Crippen molar-refractivity contribution in [2.75, 3.05) is 14.2 Å². The molecule has 2 aromatic heterocycles. The van der Waals surface area contributed by atoms with E-state index >= 15 is 0 Å². The Kier molecular flexibility index (Phi) is 3.91. The second-order valence-electron chi connectivity index (χ2n) is 5.00. The molecular formula is C17H14N2O5. The van der Waals surface area contributed by atoms with Crippen molar-refractivity contribution in [3.63, 3.8) is 0 Å². The Morgan fingerprint density at radius 3 is 2.50 bits per heavy atom. The van der Waals surface area contributed by atoms with Gasteiger partial charge in [-0.1, -0.05) is 0 Å². The Bertz CT molecular complexity index is 928. The number of hydrogen-bond acceptors (Lipinski definition) is 5. The number of benzene rings is 1. The summed E-state index contributed by atoms with van der Waals surface area (Å²) in [6.07, 6.45) is 0.231. The molecule has 0 amide bonds. The maximum Gasteiger partial charge on any atom is 0.416 e. The summed E-state index contributed by atoms with van der Waals surface area (Å²) in [6, 6.07) is 9.96. The van der Waals surface area contributed by atoms with Crippen LogP contribution in [-0.2, 0) is 4.74 Å². The molecule has 0 aliphatic carbocycles. The van der Waals surface area contributed by atoms with Gasteiger partial charge in [0.1, 0.15) is 5.75 Å². The number of fused-ring (bicyclic) bond motifs is 1.